The van der Waals surface area contributed by atoms with Crippen LogP contribution in [0.2, 0.25) is 0 Å². The standard InChI is InChI=1S/C13H26N2O2/c1-4-5-6-7-8-11(2)15-13(17)9-10-14-12(3)16/h11H,4-10H2,1-3H3,(H,14,16)(H,15,17). The van der Waals surface area contributed by atoms with Crippen molar-refractivity contribution in [1.29, 1.82) is 0 Å². The maximum absolute atomic E-state index is 11.5. The normalized spacial score (nSPS) is 11.9. The van der Waals surface area contributed by atoms with Crippen LogP contribution in [0, 0.1) is 0 Å². The average Bonchev–Trinajstić information content (AvgIpc) is 2.23. The maximum atomic E-state index is 11.5. The molecule has 0 saturated carbocycles. The summed E-state index contributed by atoms with van der Waals surface area (Å²) in [4.78, 5) is 22.1. The first-order valence-electron chi connectivity index (χ1n) is 6.60. The summed E-state index contributed by atoms with van der Waals surface area (Å²) in [5.41, 5.74) is 0. The van der Waals surface area contributed by atoms with Crippen LogP contribution in [0.1, 0.15) is 59.3 Å². The average molecular weight is 242 g/mol. The zero-order valence-corrected chi connectivity index (χ0v) is 11.3. The van der Waals surface area contributed by atoms with Crippen molar-refractivity contribution < 1.29 is 9.59 Å². The highest BCUT2D eigenvalue weighted by atomic mass is 16.2. The molecule has 17 heavy (non-hydrogen) atoms. The number of nitrogens with one attached hydrogen (secondary N) is 2. The summed E-state index contributed by atoms with van der Waals surface area (Å²) >= 11 is 0. The van der Waals surface area contributed by atoms with Crippen LogP contribution >= 0.6 is 0 Å². The summed E-state index contributed by atoms with van der Waals surface area (Å²) in [6, 6.07) is 0.233. The fourth-order valence-corrected chi connectivity index (χ4v) is 1.65. The van der Waals surface area contributed by atoms with E-state index in [0.29, 0.717) is 13.0 Å². The molecule has 0 heterocycles. The third kappa shape index (κ3) is 11.2. The maximum Gasteiger partial charge on any atom is 0.221 e. The van der Waals surface area contributed by atoms with Gasteiger partial charge in [0.05, 0.1) is 0 Å². The Balaban J connectivity index is 3.48. The smallest absolute Gasteiger partial charge is 0.221 e. The number of unbranched alkanes of at least 4 members (excludes halogenated alkanes) is 3. The summed E-state index contributed by atoms with van der Waals surface area (Å²) in [5.74, 6) is -0.0767. The number of rotatable bonds is 9. The van der Waals surface area contributed by atoms with Gasteiger partial charge in [-0.3, -0.25) is 9.59 Å². The first-order chi connectivity index (χ1) is 8.06. The largest absolute Gasteiger partial charge is 0.356 e. The highest BCUT2D eigenvalue weighted by Gasteiger charge is 2.06. The van der Waals surface area contributed by atoms with Crippen LogP contribution in [0.15, 0.2) is 0 Å². The molecule has 0 rings (SSSR count). The Kier molecular flexibility index (Phi) is 9.49. The molecule has 0 aliphatic carbocycles. The number of hydrogen-bond acceptors (Lipinski definition) is 2. The van der Waals surface area contributed by atoms with Crippen molar-refractivity contribution in [2.24, 2.45) is 0 Å². The Morgan fingerprint density at radius 2 is 1.88 bits per heavy atom. The van der Waals surface area contributed by atoms with Crippen LogP contribution in [0.5, 0.6) is 0 Å². The SMILES string of the molecule is CCCCCCC(C)NC(=O)CCNC(C)=O. The van der Waals surface area contributed by atoms with Crippen LogP contribution in [0.25, 0.3) is 0 Å². The van der Waals surface area contributed by atoms with E-state index in [9.17, 15) is 9.59 Å². The molecule has 2 N–H and O–H groups in total. The first-order valence-corrected chi connectivity index (χ1v) is 6.60. The minimum absolute atomic E-state index is 0.0155. The van der Waals surface area contributed by atoms with Gasteiger partial charge < -0.3 is 10.6 Å². The Morgan fingerprint density at radius 1 is 1.18 bits per heavy atom. The molecule has 1 atom stereocenters. The Labute approximate surface area is 105 Å². The van der Waals surface area contributed by atoms with E-state index in [1.807, 2.05) is 6.92 Å². The molecular weight excluding hydrogens is 216 g/mol. The Hall–Kier alpha value is -1.06. The topological polar surface area (TPSA) is 58.2 Å². The molecule has 0 bridgehead atoms. The van der Waals surface area contributed by atoms with Crippen LogP contribution in [0.4, 0.5) is 0 Å². The summed E-state index contributed by atoms with van der Waals surface area (Å²) in [6.07, 6.45) is 6.30. The van der Waals surface area contributed by atoms with Crippen molar-refractivity contribution in [3.8, 4) is 0 Å². The summed E-state index contributed by atoms with van der Waals surface area (Å²) in [5, 5.41) is 5.55. The van der Waals surface area contributed by atoms with E-state index < -0.39 is 0 Å². The van der Waals surface area contributed by atoms with Crippen molar-refractivity contribution in [3.05, 3.63) is 0 Å². The van der Waals surface area contributed by atoms with E-state index in [-0.39, 0.29) is 17.9 Å². The molecule has 0 aromatic carbocycles. The van der Waals surface area contributed by atoms with Gasteiger partial charge in [-0.2, -0.15) is 0 Å². The highest BCUT2D eigenvalue weighted by molar-refractivity contribution is 5.78. The molecule has 2 amide bonds. The molecule has 0 fully saturated rings. The predicted molar refractivity (Wildman–Crippen MR) is 69.7 cm³/mol. The van der Waals surface area contributed by atoms with Crippen molar-refractivity contribution in [2.75, 3.05) is 6.54 Å². The molecule has 0 saturated heterocycles. The molecule has 0 spiro atoms. The van der Waals surface area contributed by atoms with Crippen molar-refractivity contribution in [2.45, 2.75) is 65.3 Å². The number of carbonyl (C=O) groups is 2. The van der Waals surface area contributed by atoms with E-state index in [1.54, 1.807) is 0 Å². The Morgan fingerprint density at radius 3 is 2.47 bits per heavy atom. The second kappa shape index (κ2) is 10.1. The van der Waals surface area contributed by atoms with Gasteiger partial charge in [-0.15, -0.1) is 0 Å². The molecule has 0 aromatic rings. The second-order valence-electron chi connectivity index (χ2n) is 4.55. The van der Waals surface area contributed by atoms with E-state index in [0.717, 1.165) is 6.42 Å². The van der Waals surface area contributed by atoms with Gasteiger partial charge in [0.25, 0.3) is 0 Å². The van der Waals surface area contributed by atoms with Crippen molar-refractivity contribution in [3.63, 3.8) is 0 Å². The van der Waals surface area contributed by atoms with Crippen LogP contribution in [-0.2, 0) is 9.59 Å². The minimum Gasteiger partial charge on any atom is -0.356 e. The minimum atomic E-state index is -0.0922. The van der Waals surface area contributed by atoms with Crippen LogP contribution < -0.4 is 10.6 Å². The second-order valence-corrected chi connectivity index (χ2v) is 4.55. The van der Waals surface area contributed by atoms with Gasteiger partial charge in [-0.1, -0.05) is 32.6 Å². The predicted octanol–water partition coefficient (Wildman–Crippen LogP) is 1.99. The van der Waals surface area contributed by atoms with Gasteiger partial charge in [0.15, 0.2) is 0 Å². The van der Waals surface area contributed by atoms with E-state index in [4.69, 9.17) is 0 Å². The van der Waals surface area contributed by atoms with E-state index in [1.165, 1.54) is 32.6 Å². The van der Waals surface area contributed by atoms with Gasteiger partial charge in [-0.05, 0) is 13.3 Å². The highest BCUT2D eigenvalue weighted by Crippen LogP contribution is 2.05. The van der Waals surface area contributed by atoms with E-state index >= 15 is 0 Å². The first kappa shape index (κ1) is 15.9. The fraction of sp³-hybridized carbons (Fsp3) is 0.846. The van der Waals surface area contributed by atoms with Gasteiger partial charge in [0.2, 0.25) is 11.8 Å². The fourth-order valence-electron chi connectivity index (χ4n) is 1.65. The van der Waals surface area contributed by atoms with Crippen LogP contribution in [0.3, 0.4) is 0 Å². The molecule has 0 aliphatic rings. The van der Waals surface area contributed by atoms with Crippen molar-refractivity contribution >= 4 is 11.8 Å². The number of carbonyl (C=O) groups excluding carboxylic acids is 2. The van der Waals surface area contributed by atoms with Gasteiger partial charge in [0.1, 0.15) is 0 Å². The summed E-state index contributed by atoms with van der Waals surface area (Å²) < 4.78 is 0. The molecule has 4 nitrogen and oxygen atoms in total. The quantitative estimate of drug-likeness (QED) is 0.607. The lowest BCUT2D eigenvalue weighted by Gasteiger charge is -2.13. The molecule has 0 aliphatic heterocycles. The molecule has 0 aromatic heterocycles. The van der Waals surface area contributed by atoms with Gasteiger partial charge in [0, 0.05) is 25.9 Å². The zero-order valence-electron chi connectivity index (χ0n) is 11.3. The lowest BCUT2D eigenvalue weighted by Crippen LogP contribution is -2.35. The monoisotopic (exact) mass is 242 g/mol. The van der Waals surface area contributed by atoms with E-state index in [2.05, 4.69) is 17.6 Å². The Bertz CT molecular complexity index is 229. The van der Waals surface area contributed by atoms with Gasteiger partial charge >= 0.3 is 0 Å². The summed E-state index contributed by atoms with van der Waals surface area (Å²) in [7, 11) is 0. The summed E-state index contributed by atoms with van der Waals surface area (Å²) in [6.45, 7) is 6.09. The third-order valence-corrected chi connectivity index (χ3v) is 2.62. The molecule has 0 radical (unpaired) electrons. The third-order valence-electron chi connectivity index (χ3n) is 2.62. The molecular formula is C13H26N2O2. The van der Waals surface area contributed by atoms with Crippen molar-refractivity contribution in [1.82, 2.24) is 10.6 Å². The van der Waals surface area contributed by atoms with Crippen LogP contribution in [-0.4, -0.2) is 24.4 Å². The number of hydrogen-bond donors (Lipinski definition) is 2. The lowest BCUT2D eigenvalue weighted by atomic mass is 10.1. The molecule has 4 heteroatoms. The lowest BCUT2D eigenvalue weighted by molar-refractivity contribution is -0.122. The van der Waals surface area contributed by atoms with Gasteiger partial charge in [-0.25, -0.2) is 0 Å². The zero-order chi connectivity index (χ0) is 13.1. The molecule has 1 unspecified atom stereocenters. The number of amides is 2. The molecule has 100 valence electrons.